The molecule has 0 spiro atoms. The molecule has 0 aromatic carbocycles. The molecule has 2 aliphatic heterocycles. The van der Waals surface area contributed by atoms with Gasteiger partial charge in [0.25, 0.3) is 0 Å². The molecule has 0 radical (unpaired) electrons. The molecule has 294 valence electrons. The van der Waals surface area contributed by atoms with Crippen LogP contribution in [0, 0.1) is 11.8 Å². The number of carboxylic acids is 1. The summed E-state index contributed by atoms with van der Waals surface area (Å²) in [6.07, 6.45) is 0.777. The van der Waals surface area contributed by atoms with Crippen molar-refractivity contribution in [1.82, 2.24) is 36.4 Å². The van der Waals surface area contributed by atoms with Crippen molar-refractivity contribution in [2.45, 2.75) is 135 Å². The first-order valence-electron chi connectivity index (χ1n) is 18.0. The number of amides is 7. The lowest BCUT2D eigenvalue weighted by Gasteiger charge is -2.31. The Bertz CT molecular complexity index is 1320. The number of carboxylic acid groups (broad SMARTS) is 1. The summed E-state index contributed by atoms with van der Waals surface area (Å²) in [4.78, 5) is 106. The second-order valence-electron chi connectivity index (χ2n) is 14.6. The number of nitrogens with one attached hydrogen (secondary N) is 5. The van der Waals surface area contributed by atoms with Crippen LogP contribution in [-0.4, -0.2) is 135 Å². The number of aliphatic hydroxyl groups is 1. The molecule has 2 aliphatic rings. The smallest absolute Gasteiger partial charge is 0.326 e. The van der Waals surface area contributed by atoms with E-state index in [2.05, 4.69) is 26.6 Å². The third-order valence-electron chi connectivity index (χ3n) is 8.97. The third kappa shape index (κ3) is 12.7. The number of aliphatic carboxylic acids is 1. The molecule has 0 aliphatic carbocycles. The van der Waals surface area contributed by atoms with Gasteiger partial charge in [0, 0.05) is 13.1 Å². The first kappa shape index (κ1) is 43.8. The van der Waals surface area contributed by atoms with Gasteiger partial charge in [-0.25, -0.2) is 4.79 Å². The molecular formula is C34H58N8O10. The number of hydrogen-bond donors (Lipinski definition) is 8. The van der Waals surface area contributed by atoms with E-state index < -0.39 is 102 Å². The summed E-state index contributed by atoms with van der Waals surface area (Å²) >= 11 is 0. The normalized spacial score (nSPS) is 20.7. The van der Waals surface area contributed by atoms with Crippen LogP contribution < -0.4 is 32.3 Å². The van der Waals surface area contributed by atoms with E-state index >= 15 is 0 Å². The molecule has 0 aromatic rings. The molecule has 2 rings (SSSR count). The predicted octanol–water partition coefficient (Wildman–Crippen LogP) is -2.05. The second kappa shape index (κ2) is 20.1. The van der Waals surface area contributed by atoms with Crippen LogP contribution in [0.5, 0.6) is 0 Å². The average Bonchev–Trinajstić information content (AvgIpc) is 3.75. The summed E-state index contributed by atoms with van der Waals surface area (Å²) in [7, 11) is 0. The number of rotatable bonds is 18. The van der Waals surface area contributed by atoms with Crippen LogP contribution in [0.15, 0.2) is 0 Å². The molecular weight excluding hydrogens is 680 g/mol. The number of carbonyl (C=O) groups excluding carboxylic acids is 7. The van der Waals surface area contributed by atoms with Crippen molar-refractivity contribution >= 4 is 47.3 Å². The monoisotopic (exact) mass is 738 g/mol. The summed E-state index contributed by atoms with van der Waals surface area (Å²) in [5.41, 5.74) is 5.69. The summed E-state index contributed by atoms with van der Waals surface area (Å²) in [6, 6.07) is -7.28. The van der Waals surface area contributed by atoms with Gasteiger partial charge in [0.05, 0.1) is 18.7 Å². The lowest BCUT2D eigenvalue weighted by Crippen LogP contribution is -2.58. The highest BCUT2D eigenvalue weighted by Gasteiger charge is 2.41. The molecule has 2 saturated heterocycles. The first-order valence-corrected chi connectivity index (χ1v) is 18.0. The van der Waals surface area contributed by atoms with E-state index in [1.807, 2.05) is 13.8 Å². The van der Waals surface area contributed by atoms with E-state index in [0.29, 0.717) is 38.6 Å². The van der Waals surface area contributed by atoms with Gasteiger partial charge in [-0.05, 0) is 71.1 Å². The van der Waals surface area contributed by atoms with E-state index in [9.17, 15) is 48.6 Å². The highest BCUT2D eigenvalue weighted by atomic mass is 16.4. The topological polar surface area (TPSA) is 270 Å². The van der Waals surface area contributed by atoms with Crippen LogP contribution in [0.25, 0.3) is 0 Å². The number of nitrogens with zero attached hydrogens (tertiary/aromatic N) is 2. The van der Waals surface area contributed by atoms with E-state index in [1.165, 1.54) is 30.6 Å². The number of hydrogen-bond acceptors (Lipinski definition) is 10. The number of carbonyl (C=O) groups is 8. The van der Waals surface area contributed by atoms with Gasteiger partial charge in [-0.15, -0.1) is 0 Å². The van der Waals surface area contributed by atoms with Crippen LogP contribution in [0.2, 0.25) is 0 Å². The number of nitrogens with two attached hydrogens (primary N) is 1. The van der Waals surface area contributed by atoms with Gasteiger partial charge >= 0.3 is 5.97 Å². The van der Waals surface area contributed by atoms with Gasteiger partial charge in [0.1, 0.15) is 36.3 Å². The highest BCUT2D eigenvalue weighted by molar-refractivity contribution is 5.97. The fraction of sp³-hybridized carbons (Fsp3) is 0.765. The minimum absolute atomic E-state index is 0.0546. The Kier molecular flexibility index (Phi) is 16.9. The molecule has 8 atom stereocenters. The standard InChI is InChI=1S/C34H58N8O10/c1-17(2)14-22(38-28(45)19(5)35)33(50)42-13-9-11-25(42)30(47)37-20(6)32(49)41-12-8-10-24(41)29(46)36-16-26(44)40-27(21(7)43)31(48)39-23(34(51)52)15-18(3)4/h17-25,27,43H,8-16,35H2,1-7H3,(H,36,46)(H,37,47)(H,38,45)(H,39,48)(H,40,44)(H,51,52)/t19-,20-,21+,22-,23-,24-,25+,27-/m0/s1. The molecule has 0 unspecified atom stereocenters. The van der Waals surface area contributed by atoms with Crippen LogP contribution in [0.1, 0.15) is 87.0 Å². The van der Waals surface area contributed by atoms with E-state index in [1.54, 1.807) is 13.8 Å². The van der Waals surface area contributed by atoms with E-state index in [4.69, 9.17) is 5.73 Å². The molecule has 0 aromatic heterocycles. The molecule has 2 heterocycles. The maximum atomic E-state index is 13.5. The number of aliphatic hydroxyl groups excluding tert-OH is 1. The van der Waals surface area contributed by atoms with Crippen molar-refractivity contribution < 1.29 is 48.6 Å². The van der Waals surface area contributed by atoms with Crippen molar-refractivity contribution in [3.05, 3.63) is 0 Å². The Hall–Kier alpha value is -4.32. The van der Waals surface area contributed by atoms with Crippen molar-refractivity contribution in [2.75, 3.05) is 19.6 Å². The molecule has 0 saturated carbocycles. The maximum Gasteiger partial charge on any atom is 0.326 e. The zero-order chi connectivity index (χ0) is 39.4. The number of likely N-dealkylation sites (tertiary alicyclic amines) is 2. The Morgan fingerprint density at radius 2 is 1.19 bits per heavy atom. The molecule has 9 N–H and O–H groups in total. The molecule has 18 heteroatoms. The van der Waals surface area contributed by atoms with Crippen molar-refractivity contribution in [3.8, 4) is 0 Å². The fourth-order valence-corrected chi connectivity index (χ4v) is 6.29. The van der Waals surface area contributed by atoms with Gasteiger partial charge < -0.3 is 52.3 Å². The van der Waals surface area contributed by atoms with Gasteiger partial charge in [-0.2, -0.15) is 0 Å². The summed E-state index contributed by atoms with van der Waals surface area (Å²) in [5, 5.41) is 32.0. The predicted molar refractivity (Wildman–Crippen MR) is 188 cm³/mol. The van der Waals surface area contributed by atoms with Crippen LogP contribution in [-0.2, 0) is 38.4 Å². The lowest BCUT2D eigenvalue weighted by molar-refractivity contribution is -0.144. The zero-order valence-electron chi connectivity index (χ0n) is 31.3. The van der Waals surface area contributed by atoms with Crippen molar-refractivity contribution in [2.24, 2.45) is 17.6 Å². The quantitative estimate of drug-likeness (QED) is 0.0758. The SMILES string of the molecule is CC(C)C[C@H](NC(=O)[C@@H](NC(=O)CNC(=O)[C@@H]1CCCN1C(=O)[C@H](C)NC(=O)[C@H]1CCCN1C(=O)[C@H](CC(C)C)NC(=O)[C@H](C)N)[C@@H](C)O)C(=O)O. The van der Waals surface area contributed by atoms with Gasteiger partial charge in [-0.1, -0.05) is 27.7 Å². The third-order valence-corrected chi connectivity index (χ3v) is 8.97. The van der Waals surface area contributed by atoms with Crippen LogP contribution in [0.3, 0.4) is 0 Å². The zero-order valence-corrected chi connectivity index (χ0v) is 31.3. The first-order chi connectivity index (χ1) is 24.2. The van der Waals surface area contributed by atoms with E-state index in [0.717, 1.165) is 0 Å². The second-order valence-corrected chi connectivity index (χ2v) is 14.6. The van der Waals surface area contributed by atoms with Gasteiger partial charge in [0.15, 0.2) is 0 Å². The molecule has 2 fully saturated rings. The van der Waals surface area contributed by atoms with Crippen LogP contribution in [0.4, 0.5) is 0 Å². The Morgan fingerprint density at radius 3 is 1.69 bits per heavy atom. The molecule has 7 amide bonds. The lowest BCUT2D eigenvalue weighted by atomic mass is 10.0. The Balaban J connectivity index is 2.00. The minimum atomic E-state index is -1.49. The Morgan fingerprint density at radius 1 is 0.692 bits per heavy atom. The maximum absolute atomic E-state index is 13.5. The summed E-state index contributed by atoms with van der Waals surface area (Å²) in [5.74, 6) is -5.59. The van der Waals surface area contributed by atoms with Gasteiger partial charge in [-0.3, -0.25) is 33.6 Å². The van der Waals surface area contributed by atoms with Crippen LogP contribution >= 0.6 is 0 Å². The Labute approximate surface area is 304 Å². The van der Waals surface area contributed by atoms with Crippen molar-refractivity contribution in [3.63, 3.8) is 0 Å². The minimum Gasteiger partial charge on any atom is -0.480 e. The summed E-state index contributed by atoms with van der Waals surface area (Å²) < 4.78 is 0. The molecule has 18 nitrogen and oxygen atoms in total. The molecule has 0 bridgehead atoms. The van der Waals surface area contributed by atoms with Gasteiger partial charge in [0.2, 0.25) is 41.4 Å². The average molecular weight is 739 g/mol. The summed E-state index contributed by atoms with van der Waals surface area (Å²) in [6.45, 7) is 11.5. The molecule has 52 heavy (non-hydrogen) atoms. The van der Waals surface area contributed by atoms with E-state index in [-0.39, 0.29) is 24.8 Å². The van der Waals surface area contributed by atoms with Crippen molar-refractivity contribution in [1.29, 1.82) is 0 Å². The highest BCUT2D eigenvalue weighted by Crippen LogP contribution is 2.22. The fourth-order valence-electron chi connectivity index (χ4n) is 6.29. The largest absolute Gasteiger partial charge is 0.480 e.